The molecule has 31 heavy (non-hydrogen) atoms. The van der Waals surface area contributed by atoms with Crippen LogP contribution in [0.2, 0.25) is 0 Å². The molecule has 5 heteroatoms. The molecule has 2 aromatic rings. The number of amides is 1. The van der Waals surface area contributed by atoms with Crippen LogP contribution in [0, 0.1) is 13.8 Å². The molecule has 0 saturated heterocycles. The average Bonchev–Trinajstić information content (AvgIpc) is 2.65. The summed E-state index contributed by atoms with van der Waals surface area (Å²) in [5.74, 6) is 1.23. The summed E-state index contributed by atoms with van der Waals surface area (Å²) in [5.41, 5.74) is 6.13. The maximum atomic E-state index is 12.8. The highest BCUT2D eigenvalue weighted by Gasteiger charge is 2.21. The Bertz CT molecular complexity index is 951. The van der Waals surface area contributed by atoms with Crippen LogP contribution in [0.25, 0.3) is 0 Å². The number of hydrogen-bond acceptors (Lipinski definition) is 4. The van der Waals surface area contributed by atoms with Crippen molar-refractivity contribution in [3.63, 3.8) is 0 Å². The largest absolute Gasteiger partial charge is 0.495 e. The van der Waals surface area contributed by atoms with E-state index < -0.39 is 0 Å². The molecule has 0 atom stereocenters. The van der Waals surface area contributed by atoms with Crippen molar-refractivity contribution in [2.75, 3.05) is 31.4 Å². The Balaban J connectivity index is 2.25. The van der Waals surface area contributed by atoms with E-state index in [4.69, 9.17) is 9.47 Å². The number of carbonyl (C=O) groups excluding carboxylic acids is 1. The molecule has 0 saturated carbocycles. The molecule has 0 aliphatic heterocycles. The highest BCUT2D eigenvalue weighted by atomic mass is 16.5. The molecule has 5 nitrogen and oxygen atoms in total. The smallest absolute Gasteiger partial charge is 0.243 e. The number of hydrogen-bond donors (Lipinski definition) is 2. The molecule has 0 unspecified atom stereocenters. The second-order valence-electron chi connectivity index (χ2n) is 10.1. The SMILES string of the molecule is COc1cc(C)c(C(C)(C)C)cc1NCC(=O)Nc1cc(C(C)(C)C)c(C)cc1OC. The van der Waals surface area contributed by atoms with Crippen LogP contribution in [-0.4, -0.2) is 26.7 Å². The van der Waals surface area contributed by atoms with Gasteiger partial charge in [0.15, 0.2) is 0 Å². The van der Waals surface area contributed by atoms with Gasteiger partial charge in [0.05, 0.1) is 32.1 Å². The van der Waals surface area contributed by atoms with Crippen molar-refractivity contribution in [1.29, 1.82) is 0 Å². The lowest BCUT2D eigenvalue weighted by Gasteiger charge is -2.25. The number of benzene rings is 2. The Morgan fingerprint density at radius 3 is 1.61 bits per heavy atom. The lowest BCUT2D eigenvalue weighted by atomic mass is 9.83. The first-order chi connectivity index (χ1) is 14.3. The monoisotopic (exact) mass is 426 g/mol. The van der Waals surface area contributed by atoms with Crippen molar-refractivity contribution in [3.05, 3.63) is 46.5 Å². The predicted molar refractivity (Wildman–Crippen MR) is 130 cm³/mol. The van der Waals surface area contributed by atoms with E-state index in [1.165, 1.54) is 16.7 Å². The van der Waals surface area contributed by atoms with Gasteiger partial charge in [0.1, 0.15) is 11.5 Å². The third-order valence-electron chi connectivity index (χ3n) is 5.42. The van der Waals surface area contributed by atoms with E-state index in [1.54, 1.807) is 14.2 Å². The van der Waals surface area contributed by atoms with Gasteiger partial charge in [-0.05, 0) is 71.2 Å². The zero-order valence-electron chi connectivity index (χ0n) is 20.7. The fourth-order valence-electron chi connectivity index (χ4n) is 3.92. The molecule has 0 bridgehead atoms. The number of methoxy groups -OCH3 is 2. The van der Waals surface area contributed by atoms with Gasteiger partial charge in [-0.1, -0.05) is 41.5 Å². The van der Waals surface area contributed by atoms with Gasteiger partial charge in [-0.2, -0.15) is 0 Å². The molecule has 2 rings (SSSR count). The van der Waals surface area contributed by atoms with Crippen molar-refractivity contribution in [2.45, 2.75) is 66.2 Å². The molecule has 1 amide bonds. The van der Waals surface area contributed by atoms with Crippen molar-refractivity contribution in [2.24, 2.45) is 0 Å². The van der Waals surface area contributed by atoms with E-state index in [-0.39, 0.29) is 23.3 Å². The minimum absolute atomic E-state index is 0.00628. The summed E-state index contributed by atoms with van der Waals surface area (Å²) >= 11 is 0. The first-order valence-electron chi connectivity index (χ1n) is 10.7. The standard InChI is InChI=1S/C26H38N2O3/c1-16-11-22(30-9)20(13-18(16)25(3,4)5)27-15-24(29)28-21-14-19(26(6,7)8)17(2)12-23(21)31-10/h11-14,27H,15H2,1-10H3,(H,28,29). The summed E-state index contributed by atoms with van der Waals surface area (Å²) in [7, 11) is 3.26. The molecule has 0 aromatic heterocycles. The Morgan fingerprint density at radius 2 is 1.19 bits per heavy atom. The quantitative estimate of drug-likeness (QED) is 0.598. The number of aryl methyl sites for hydroxylation is 2. The zero-order chi connectivity index (χ0) is 23.6. The van der Waals surface area contributed by atoms with Gasteiger partial charge >= 0.3 is 0 Å². The normalized spacial score (nSPS) is 11.8. The van der Waals surface area contributed by atoms with Crippen molar-refractivity contribution in [1.82, 2.24) is 0 Å². The van der Waals surface area contributed by atoms with E-state index in [1.807, 2.05) is 18.2 Å². The summed E-state index contributed by atoms with van der Waals surface area (Å²) in [6.45, 7) is 17.3. The lowest BCUT2D eigenvalue weighted by molar-refractivity contribution is -0.114. The molecule has 170 valence electrons. The molecule has 0 fully saturated rings. The second-order valence-corrected chi connectivity index (χ2v) is 10.1. The lowest BCUT2D eigenvalue weighted by Crippen LogP contribution is -2.23. The zero-order valence-corrected chi connectivity index (χ0v) is 20.7. The molecule has 2 N–H and O–H groups in total. The van der Waals surface area contributed by atoms with Crippen molar-refractivity contribution in [3.8, 4) is 11.5 Å². The highest BCUT2D eigenvalue weighted by Crippen LogP contribution is 2.36. The summed E-state index contributed by atoms with van der Waals surface area (Å²) in [4.78, 5) is 12.8. The van der Waals surface area contributed by atoms with Gasteiger partial charge in [0.25, 0.3) is 0 Å². The number of anilines is 2. The minimum Gasteiger partial charge on any atom is -0.495 e. The summed E-state index contributed by atoms with van der Waals surface area (Å²) in [5, 5.41) is 6.24. The van der Waals surface area contributed by atoms with E-state index in [0.29, 0.717) is 11.4 Å². The number of ether oxygens (including phenoxy) is 2. The minimum atomic E-state index is -0.151. The Hall–Kier alpha value is -2.69. The van der Waals surface area contributed by atoms with Crippen LogP contribution in [0.3, 0.4) is 0 Å². The van der Waals surface area contributed by atoms with Crippen LogP contribution in [0.15, 0.2) is 24.3 Å². The van der Waals surface area contributed by atoms with Crippen LogP contribution >= 0.6 is 0 Å². The van der Waals surface area contributed by atoms with E-state index in [0.717, 1.165) is 17.0 Å². The molecule has 0 radical (unpaired) electrons. The molecule has 0 aliphatic rings. The van der Waals surface area contributed by atoms with Gasteiger partial charge < -0.3 is 20.1 Å². The topological polar surface area (TPSA) is 59.6 Å². The number of rotatable bonds is 6. The Morgan fingerprint density at radius 1 is 0.774 bits per heavy atom. The fraction of sp³-hybridized carbons (Fsp3) is 0.500. The van der Waals surface area contributed by atoms with Gasteiger partial charge in [0, 0.05) is 0 Å². The third-order valence-corrected chi connectivity index (χ3v) is 5.42. The first-order valence-corrected chi connectivity index (χ1v) is 10.7. The molecular formula is C26H38N2O3. The number of carbonyl (C=O) groups is 1. The van der Waals surface area contributed by atoms with E-state index in [9.17, 15) is 4.79 Å². The molecule has 2 aromatic carbocycles. The fourth-order valence-corrected chi connectivity index (χ4v) is 3.92. The van der Waals surface area contributed by atoms with Crippen LogP contribution < -0.4 is 20.1 Å². The van der Waals surface area contributed by atoms with Crippen molar-refractivity contribution < 1.29 is 14.3 Å². The van der Waals surface area contributed by atoms with Crippen LogP contribution in [0.4, 0.5) is 11.4 Å². The molecule has 0 spiro atoms. The van der Waals surface area contributed by atoms with Gasteiger partial charge in [-0.3, -0.25) is 4.79 Å². The Kier molecular flexibility index (Phi) is 7.30. The first kappa shape index (κ1) is 24.6. The van der Waals surface area contributed by atoms with E-state index >= 15 is 0 Å². The number of nitrogens with one attached hydrogen (secondary N) is 2. The van der Waals surface area contributed by atoms with Crippen molar-refractivity contribution >= 4 is 17.3 Å². The average molecular weight is 427 g/mol. The maximum Gasteiger partial charge on any atom is 0.243 e. The summed E-state index contributed by atoms with van der Waals surface area (Å²) < 4.78 is 11.0. The molecular weight excluding hydrogens is 388 g/mol. The van der Waals surface area contributed by atoms with Crippen LogP contribution in [0.5, 0.6) is 11.5 Å². The molecule has 0 aliphatic carbocycles. The van der Waals surface area contributed by atoms with Crippen LogP contribution in [0.1, 0.15) is 63.8 Å². The summed E-state index contributed by atoms with van der Waals surface area (Å²) in [6, 6.07) is 8.07. The predicted octanol–water partition coefficient (Wildman–Crippen LogP) is 5.97. The Labute approximate surface area is 187 Å². The second kappa shape index (κ2) is 9.21. The van der Waals surface area contributed by atoms with Gasteiger partial charge in [-0.25, -0.2) is 0 Å². The van der Waals surface area contributed by atoms with Gasteiger partial charge in [0.2, 0.25) is 5.91 Å². The third kappa shape index (κ3) is 5.93. The van der Waals surface area contributed by atoms with Gasteiger partial charge in [-0.15, -0.1) is 0 Å². The van der Waals surface area contributed by atoms with E-state index in [2.05, 4.69) is 72.1 Å². The maximum absolute atomic E-state index is 12.8. The molecule has 0 heterocycles. The van der Waals surface area contributed by atoms with Crippen LogP contribution in [-0.2, 0) is 15.6 Å². The highest BCUT2D eigenvalue weighted by molar-refractivity contribution is 5.95. The summed E-state index contributed by atoms with van der Waals surface area (Å²) in [6.07, 6.45) is 0.